The molecular formula is C13H18FN3O. The third-order valence-corrected chi connectivity index (χ3v) is 3.33. The highest BCUT2D eigenvalue weighted by Gasteiger charge is 2.16. The lowest BCUT2D eigenvalue weighted by Gasteiger charge is -2.25. The highest BCUT2D eigenvalue weighted by atomic mass is 19.1. The van der Waals surface area contributed by atoms with E-state index in [4.69, 9.17) is 5.73 Å². The van der Waals surface area contributed by atoms with Gasteiger partial charge in [-0.3, -0.25) is 4.79 Å². The Balaban J connectivity index is 2.22. The number of primary amides is 1. The van der Waals surface area contributed by atoms with Crippen molar-refractivity contribution in [3.63, 3.8) is 0 Å². The maximum Gasteiger partial charge on any atom is 0.248 e. The lowest BCUT2D eigenvalue weighted by Crippen LogP contribution is -2.35. The molecule has 0 unspecified atom stereocenters. The summed E-state index contributed by atoms with van der Waals surface area (Å²) in [5.74, 6) is -1.01. The van der Waals surface area contributed by atoms with E-state index in [1.165, 1.54) is 6.07 Å². The molecule has 18 heavy (non-hydrogen) atoms. The molecule has 0 spiro atoms. The minimum Gasteiger partial charge on any atom is -0.382 e. The smallest absolute Gasteiger partial charge is 0.248 e. The normalized spacial score (nSPS) is 16.6. The summed E-state index contributed by atoms with van der Waals surface area (Å²) in [6.45, 7) is 3.60. The van der Waals surface area contributed by atoms with Crippen molar-refractivity contribution in [2.75, 3.05) is 18.4 Å². The van der Waals surface area contributed by atoms with Crippen molar-refractivity contribution in [2.45, 2.75) is 25.8 Å². The van der Waals surface area contributed by atoms with Gasteiger partial charge in [0.2, 0.25) is 5.91 Å². The van der Waals surface area contributed by atoms with Gasteiger partial charge in [0.05, 0.1) is 0 Å². The maximum atomic E-state index is 13.7. The van der Waals surface area contributed by atoms with Crippen LogP contribution in [0.1, 0.15) is 28.8 Å². The molecule has 98 valence electrons. The second-order valence-electron chi connectivity index (χ2n) is 4.66. The zero-order valence-electron chi connectivity index (χ0n) is 10.4. The van der Waals surface area contributed by atoms with Crippen LogP contribution in [0.5, 0.6) is 0 Å². The monoisotopic (exact) mass is 251 g/mol. The summed E-state index contributed by atoms with van der Waals surface area (Å²) in [5.41, 5.74) is 6.58. The minimum absolute atomic E-state index is 0.203. The van der Waals surface area contributed by atoms with Crippen LogP contribution in [0.4, 0.5) is 10.1 Å². The fourth-order valence-corrected chi connectivity index (χ4v) is 2.16. The SMILES string of the molecule is Cc1c(F)cc(C(N)=O)cc1NC1CCNCC1. The topological polar surface area (TPSA) is 67.2 Å². The molecule has 5 heteroatoms. The molecule has 1 amide bonds. The van der Waals surface area contributed by atoms with E-state index in [1.807, 2.05) is 0 Å². The largest absolute Gasteiger partial charge is 0.382 e. The Morgan fingerprint density at radius 3 is 2.72 bits per heavy atom. The van der Waals surface area contributed by atoms with Crippen LogP contribution in [-0.2, 0) is 0 Å². The molecule has 0 aliphatic carbocycles. The number of anilines is 1. The fraction of sp³-hybridized carbons (Fsp3) is 0.462. The lowest BCUT2D eigenvalue weighted by atomic mass is 10.0. The van der Waals surface area contributed by atoms with Crippen LogP contribution in [0, 0.1) is 12.7 Å². The van der Waals surface area contributed by atoms with Gasteiger partial charge in [-0.1, -0.05) is 0 Å². The number of carbonyl (C=O) groups excluding carboxylic acids is 1. The van der Waals surface area contributed by atoms with Gasteiger partial charge >= 0.3 is 0 Å². The van der Waals surface area contributed by atoms with Crippen LogP contribution in [0.2, 0.25) is 0 Å². The first-order chi connectivity index (χ1) is 8.58. The standard InChI is InChI=1S/C13H18FN3O/c1-8-11(14)6-9(13(15)18)7-12(8)17-10-2-4-16-5-3-10/h6-7,10,16-17H,2-5H2,1H3,(H2,15,18). The van der Waals surface area contributed by atoms with E-state index in [2.05, 4.69) is 10.6 Å². The van der Waals surface area contributed by atoms with Gasteiger partial charge in [-0.2, -0.15) is 0 Å². The van der Waals surface area contributed by atoms with Crippen molar-refractivity contribution in [3.8, 4) is 0 Å². The molecule has 1 aromatic rings. The summed E-state index contributed by atoms with van der Waals surface area (Å²) >= 11 is 0. The van der Waals surface area contributed by atoms with E-state index in [1.54, 1.807) is 13.0 Å². The Hall–Kier alpha value is -1.62. The first kappa shape index (κ1) is 12.8. The molecule has 4 N–H and O–H groups in total. The summed E-state index contributed by atoms with van der Waals surface area (Å²) in [7, 11) is 0. The van der Waals surface area contributed by atoms with Gasteiger partial charge in [0.15, 0.2) is 0 Å². The van der Waals surface area contributed by atoms with Gasteiger partial charge in [-0.05, 0) is 45.0 Å². The average molecular weight is 251 g/mol. The van der Waals surface area contributed by atoms with Crippen molar-refractivity contribution in [1.82, 2.24) is 5.32 Å². The van der Waals surface area contributed by atoms with E-state index in [0.717, 1.165) is 25.9 Å². The molecule has 2 rings (SSSR count). The number of carbonyl (C=O) groups is 1. The molecule has 1 saturated heterocycles. The molecule has 0 bridgehead atoms. The second-order valence-corrected chi connectivity index (χ2v) is 4.66. The number of benzene rings is 1. The van der Waals surface area contributed by atoms with Gasteiger partial charge in [0.1, 0.15) is 5.82 Å². The van der Waals surface area contributed by atoms with Crippen molar-refractivity contribution >= 4 is 11.6 Å². The first-order valence-electron chi connectivity index (χ1n) is 6.15. The molecule has 1 heterocycles. The lowest BCUT2D eigenvalue weighted by molar-refractivity contribution is 0.1000. The number of halogens is 1. The Labute approximate surface area is 106 Å². The Bertz CT molecular complexity index is 456. The van der Waals surface area contributed by atoms with Crippen molar-refractivity contribution in [2.24, 2.45) is 5.73 Å². The quantitative estimate of drug-likeness (QED) is 0.760. The molecule has 1 aliphatic heterocycles. The van der Waals surface area contributed by atoms with E-state index in [-0.39, 0.29) is 5.56 Å². The first-order valence-corrected chi connectivity index (χ1v) is 6.15. The van der Waals surface area contributed by atoms with E-state index in [0.29, 0.717) is 17.3 Å². The van der Waals surface area contributed by atoms with Gasteiger partial charge in [-0.25, -0.2) is 4.39 Å². The molecule has 0 aromatic heterocycles. The number of rotatable bonds is 3. The minimum atomic E-state index is -0.609. The second kappa shape index (κ2) is 5.35. The maximum absolute atomic E-state index is 13.7. The summed E-state index contributed by atoms with van der Waals surface area (Å²) < 4.78 is 13.7. The molecule has 0 saturated carbocycles. The van der Waals surface area contributed by atoms with Crippen molar-refractivity contribution < 1.29 is 9.18 Å². The van der Waals surface area contributed by atoms with Crippen LogP contribution in [0.15, 0.2) is 12.1 Å². The van der Waals surface area contributed by atoms with Gasteiger partial charge in [0.25, 0.3) is 0 Å². The summed E-state index contributed by atoms with van der Waals surface area (Å²) in [6.07, 6.45) is 1.98. The molecule has 1 aliphatic rings. The van der Waals surface area contributed by atoms with Crippen LogP contribution in [0.25, 0.3) is 0 Å². The van der Waals surface area contributed by atoms with E-state index >= 15 is 0 Å². The molecule has 4 nitrogen and oxygen atoms in total. The Kier molecular flexibility index (Phi) is 3.81. The van der Waals surface area contributed by atoms with Gasteiger partial charge in [-0.15, -0.1) is 0 Å². The number of hydrogen-bond donors (Lipinski definition) is 3. The highest BCUT2D eigenvalue weighted by Crippen LogP contribution is 2.23. The number of nitrogens with one attached hydrogen (secondary N) is 2. The predicted molar refractivity (Wildman–Crippen MR) is 69.2 cm³/mol. The summed E-state index contributed by atoms with van der Waals surface area (Å²) in [5, 5.41) is 6.57. The zero-order chi connectivity index (χ0) is 13.1. The molecule has 0 radical (unpaired) electrons. The van der Waals surface area contributed by atoms with Crippen LogP contribution in [-0.4, -0.2) is 25.0 Å². The van der Waals surface area contributed by atoms with Crippen LogP contribution in [0.3, 0.4) is 0 Å². The van der Waals surface area contributed by atoms with Crippen molar-refractivity contribution in [3.05, 3.63) is 29.1 Å². The number of piperidine rings is 1. The predicted octanol–water partition coefficient (Wildman–Crippen LogP) is 1.40. The van der Waals surface area contributed by atoms with E-state index < -0.39 is 11.7 Å². The van der Waals surface area contributed by atoms with Gasteiger partial charge in [0, 0.05) is 22.9 Å². The average Bonchev–Trinajstić information content (AvgIpc) is 2.35. The van der Waals surface area contributed by atoms with Gasteiger partial charge < -0.3 is 16.4 Å². The molecule has 1 aromatic carbocycles. The summed E-state index contributed by atoms with van der Waals surface area (Å²) in [6, 6.07) is 3.13. The number of nitrogens with two attached hydrogens (primary N) is 1. The summed E-state index contributed by atoms with van der Waals surface area (Å²) in [4.78, 5) is 11.1. The highest BCUT2D eigenvalue weighted by molar-refractivity contribution is 5.94. The zero-order valence-corrected chi connectivity index (χ0v) is 10.4. The third-order valence-electron chi connectivity index (χ3n) is 3.33. The Morgan fingerprint density at radius 2 is 2.11 bits per heavy atom. The number of hydrogen-bond acceptors (Lipinski definition) is 3. The van der Waals surface area contributed by atoms with Crippen molar-refractivity contribution in [1.29, 1.82) is 0 Å². The van der Waals surface area contributed by atoms with E-state index in [9.17, 15) is 9.18 Å². The fourth-order valence-electron chi connectivity index (χ4n) is 2.16. The molecule has 0 atom stereocenters. The van der Waals surface area contributed by atoms with Crippen LogP contribution < -0.4 is 16.4 Å². The Morgan fingerprint density at radius 1 is 1.44 bits per heavy atom. The molecule has 1 fully saturated rings. The number of amides is 1. The molecular weight excluding hydrogens is 233 g/mol. The van der Waals surface area contributed by atoms with Crippen LogP contribution >= 0.6 is 0 Å². The third kappa shape index (κ3) is 2.79.